The van der Waals surface area contributed by atoms with Crippen molar-refractivity contribution in [3.63, 3.8) is 0 Å². The van der Waals surface area contributed by atoms with Gasteiger partial charge in [-0.1, -0.05) is 36.4 Å². The number of hydrogen-bond acceptors (Lipinski definition) is 6. The number of piperazine rings is 1. The lowest BCUT2D eigenvalue weighted by molar-refractivity contribution is -0.110. The number of esters is 1. The number of benzene rings is 3. The van der Waals surface area contributed by atoms with Gasteiger partial charge < -0.3 is 25.2 Å². The minimum atomic E-state index is -0.471. The van der Waals surface area contributed by atoms with Crippen LogP contribution >= 0.6 is 0 Å². The molecule has 38 heavy (non-hydrogen) atoms. The molecule has 1 saturated heterocycles. The summed E-state index contributed by atoms with van der Waals surface area (Å²) in [6, 6.07) is 22.2. The summed E-state index contributed by atoms with van der Waals surface area (Å²) in [5.41, 5.74) is 4.88. The fourth-order valence-corrected chi connectivity index (χ4v) is 4.81. The third kappa shape index (κ3) is 4.90. The highest BCUT2D eigenvalue weighted by molar-refractivity contribution is 6.37. The number of ether oxygens (including phenoxy) is 1. The Morgan fingerprint density at radius 2 is 1.66 bits per heavy atom. The van der Waals surface area contributed by atoms with Crippen LogP contribution in [0.25, 0.3) is 11.3 Å². The summed E-state index contributed by atoms with van der Waals surface area (Å²) in [5.74, 6) is -0.727. The number of fused-ring (bicyclic) bond motifs is 1. The molecule has 8 nitrogen and oxygen atoms in total. The first-order valence-electron chi connectivity index (χ1n) is 12.6. The third-order valence-corrected chi connectivity index (χ3v) is 7.15. The first-order valence-corrected chi connectivity index (χ1v) is 12.6. The second kappa shape index (κ2) is 10.5. The molecule has 0 saturated carbocycles. The molecule has 3 aromatic rings. The zero-order valence-electron chi connectivity index (χ0n) is 21.7. The van der Waals surface area contributed by atoms with Gasteiger partial charge in [0.25, 0.3) is 11.8 Å². The number of nitrogens with zero attached hydrogens (tertiary/aromatic N) is 2. The van der Waals surface area contributed by atoms with Crippen LogP contribution in [0.2, 0.25) is 0 Å². The summed E-state index contributed by atoms with van der Waals surface area (Å²) in [5, 5.41) is 6.28. The van der Waals surface area contributed by atoms with Gasteiger partial charge in [0.15, 0.2) is 0 Å². The zero-order chi connectivity index (χ0) is 26.8. The van der Waals surface area contributed by atoms with Gasteiger partial charge in [0.2, 0.25) is 0 Å². The lowest BCUT2D eigenvalue weighted by Crippen LogP contribution is -2.52. The molecule has 0 aliphatic carbocycles. The number of amides is 2. The lowest BCUT2D eigenvalue weighted by atomic mass is 9.99. The third-order valence-electron chi connectivity index (χ3n) is 7.15. The van der Waals surface area contributed by atoms with Crippen LogP contribution in [-0.4, -0.2) is 67.4 Å². The van der Waals surface area contributed by atoms with Gasteiger partial charge in [-0.25, -0.2) is 4.79 Å². The molecule has 2 N–H and O–H groups in total. The van der Waals surface area contributed by atoms with Gasteiger partial charge in [0.1, 0.15) is 0 Å². The molecule has 8 heteroatoms. The van der Waals surface area contributed by atoms with E-state index in [4.69, 9.17) is 4.74 Å². The number of anilines is 2. The fourth-order valence-electron chi connectivity index (χ4n) is 4.81. The van der Waals surface area contributed by atoms with E-state index in [1.807, 2.05) is 59.5 Å². The summed E-state index contributed by atoms with van der Waals surface area (Å²) in [7, 11) is 3.40. The molecular formula is C30H30N4O4. The maximum atomic E-state index is 13.2. The Hall–Kier alpha value is -4.43. The van der Waals surface area contributed by atoms with E-state index < -0.39 is 5.97 Å². The highest BCUT2D eigenvalue weighted by Crippen LogP contribution is 2.38. The van der Waals surface area contributed by atoms with Gasteiger partial charge in [-0.05, 0) is 55.9 Å². The molecule has 2 amide bonds. The van der Waals surface area contributed by atoms with Crippen LogP contribution in [0.4, 0.5) is 11.4 Å². The largest absolute Gasteiger partial charge is 0.465 e. The number of likely N-dealkylation sites (N-methyl/N-ethyl adjacent to an activating group) is 1. The van der Waals surface area contributed by atoms with Crippen molar-refractivity contribution in [3.8, 4) is 0 Å². The van der Waals surface area contributed by atoms with E-state index in [9.17, 15) is 14.4 Å². The van der Waals surface area contributed by atoms with Crippen molar-refractivity contribution in [2.24, 2.45) is 0 Å². The minimum Gasteiger partial charge on any atom is -0.465 e. The molecule has 0 aromatic heterocycles. The Labute approximate surface area is 221 Å². The molecule has 0 unspecified atom stereocenters. The van der Waals surface area contributed by atoms with Crippen LogP contribution in [0, 0.1) is 0 Å². The van der Waals surface area contributed by atoms with Crippen LogP contribution < -0.4 is 10.6 Å². The Bertz CT molecular complexity index is 1420. The number of carbonyl (C=O) groups excluding carboxylic acids is 3. The number of nitrogens with one attached hydrogen (secondary N) is 2. The van der Waals surface area contributed by atoms with E-state index in [1.165, 1.54) is 7.11 Å². The normalized spacial score (nSPS) is 18.4. The van der Waals surface area contributed by atoms with Gasteiger partial charge in [0.05, 0.1) is 29.6 Å². The van der Waals surface area contributed by atoms with E-state index in [1.54, 1.807) is 18.2 Å². The molecule has 0 bridgehead atoms. The van der Waals surface area contributed by atoms with Crippen LogP contribution in [0.5, 0.6) is 0 Å². The Morgan fingerprint density at radius 3 is 2.34 bits per heavy atom. The highest BCUT2D eigenvalue weighted by Gasteiger charge is 2.30. The average Bonchev–Trinajstić information content (AvgIpc) is 3.27. The molecule has 1 fully saturated rings. The Morgan fingerprint density at radius 1 is 0.947 bits per heavy atom. The SMILES string of the molecule is COC(=O)c1ccc2c(c1)NC(=O)C2=C(Nc1ccc(C(=O)N2CCN(C)[C@@H](C)C2)cc1)c1ccccc1. The van der Waals surface area contributed by atoms with Crippen LogP contribution in [-0.2, 0) is 9.53 Å². The van der Waals surface area contributed by atoms with Crippen molar-refractivity contribution in [2.75, 3.05) is 44.4 Å². The first kappa shape index (κ1) is 25.2. The topological polar surface area (TPSA) is 91.0 Å². The first-order chi connectivity index (χ1) is 18.4. The molecule has 2 aliphatic heterocycles. The van der Waals surface area contributed by atoms with E-state index in [0.29, 0.717) is 52.8 Å². The van der Waals surface area contributed by atoms with Gasteiger partial charge in [-0.3, -0.25) is 9.59 Å². The average molecular weight is 511 g/mol. The van der Waals surface area contributed by atoms with E-state index in [-0.39, 0.29) is 11.8 Å². The quantitative estimate of drug-likeness (QED) is 0.395. The molecule has 2 heterocycles. The van der Waals surface area contributed by atoms with Gasteiger partial charge in [0, 0.05) is 42.5 Å². The van der Waals surface area contributed by atoms with E-state index in [0.717, 1.165) is 17.8 Å². The Kier molecular flexibility index (Phi) is 6.98. The maximum Gasteiger partial charge on any atom is 0.337 e. The van der Waals surface area contributed by atoms with Crippen LogP contribution in [0.15, 0.2) is 72.8 Å². The van der Waals surface area contributed by atoms with Crippen molar-refractivity contribution in [2.45, 2.75) is 13.0 Å². The number of hydrogen-bond donors (Lipinski definition) is 2. The minimum absolute atomic E-state index is 0.0173. The predicted molar refractivity (Wildman–Crippen MR) is 148 cm³/mol. The Balaban J connectivity index is 1.46. The summed E-state index contributed by atoms with van der Waals surface area (Å²) in [6.45, 7) is 4.38. The molecule has 194 valence electrons. The van der Waals surface area contributed by atoms with Crippen molar-refractivity contribution >= 4 is 40.4 Å². The molecule has 3 aromatic carbocycles. The fraction of sp³-hybridized carbons (Fsp3) is 0.233. The maximum absolute atomic E-state index is 13.2. The molecule has 5 rings (SSSR count). The van der Waals surface area contributed by atoms with Crippen LogP contribution in [0.1, 0.15) is 38.8 Å². The molecule has 0 spiro atoms. The summed E-state index contributed by atoms with van der Waals surface area (Å²) in [4.78, 5) is 42.4. The van der Waals surface area contributed by atoms with Gasteiger partial charge in [-0.2, -0.15) is 0 Å². The summed E-state index contributed by atoms with van der Waals surface area (Å²) >= 11 is 0. The second-order valence-corrected chi connectivity index (χ2v) is 9.61. The van der Waals surface area contributed by atoms with Gasteiger partial charge >= 0.3 is 5.97 Å². The number of rotatable bonds is 5. The highest BCUT2D eigenvalue weighted by atomic mass is 16.5. The molecule has 2 aliphatic rings. The zero-order valence-corrected chi connectivity index (χ0v) is 21.7. The second-order valence-electron chi connectivity index (χ2n) is 9.61. The van der Waals surface area contributed by atoms with Gasteiger partial charge in [-0.15, -0.1) is 0 Å². The van der Waals surface area contributed by atoms with E-state index in [2.05, 4.69) is 29.5 Å². The van der Waals surface area contributed by atoms with Crippen molar-refractivity contribution < 1.29 is 19.1 Å². The van der Waals surface area contributed by atoms with Crippen LogP contribution in [0.3, 0.4) is 0 Å². The number of methoxy groups -OCH3 is 1. The standard InChI is InChI=1S/C30H30N4O4/c1-19-18-34(16-15-33(19)2)29(36)21-9-12-23(13-10-21)31-27(20-7-5-4-6-8-20)26-24-14-11-22(30(37)38-3)17-25(24)32-28(26)35/h4-14,17,19,31H,15-16,18H2,1-3H3,(H,32,35)/t19-/m0/s1. The predicted octanol–water partition coefficient (Wildman–Crippen LogP) is 4.18. The molecular weight excluding hydrogens is 480 g/mol. The van der Waals surface area contributed by atoms with Crippen molar-refractivity contribution in [1.82, 2.24) is 9.80 Å². The smallest absolute Gasteiger partial charge is 0.337 e. The monoisotopic (exact) mass is 510 g/mol. The number of carbonyl (C=O) groups is 3. The van der Waals surface area contributed by atoms with Crippen molar-refractivity contribution in [1.29, 1.82) is 0 Å². The van der Waals surface area contributed by atoms with E-state index >= 15 is 0 Å². The molecule has 0 radical (unpaired) electrons. The summed E-state index contributed by atoms with van der Waals surface area (Å²) in [6.07, 6.45) is 0. The van der Waals surface area contributed by atoms with Crippen molar-refractivity contribution in [3.05, 3.63) is 95.1 Å². The summed E-state index contributed by atoms with van der Waals surface area (Å²) < 4.78 is 4.82. The lowest BCUT2D eigenvalue weighted by Gasteiger charge is -2.37. The molecule has 1 atom stereocenters.